The van der Waals surface area contributed by atoms with Gasteiger partial charge in [0.15, 0.2) is 0 Å². The summed E-state index contributed by atoms with van der Waals surface area (Å²) in [5, 5.41) is 12.1. The number of nitriles is 1. The van der Waals surface area contributed by atoms with Gasteiger partial charge in [0.1, 0.15) is 0 Å². The Balaban J connectivity index is 2.75. The molecule has 1 aromatic rings. The lowest BCUT2D eigenvalue weighted by Gasteiger charge is -2.21. The molecule has 0 fully saturated rings. The van der Waals surface area contributed by atoms with Crippen LogP contribution in [-0.4, -0.2) is 11.4 Å². The summed E-state index contributed by atoms with van der Waals surface area (Å²) in [5.74, 6) is -0.470. The van der Waals surface area contributed by atoms with E-state index in [0.717, 1.165) is 11.1 Å². The number of carbonyl (C=O) groups is 1. The first kappa shape index (κ1) is 14.2. The predicted octanol–water partition coefficient (Wildman–Crippen LogP) is 2.91. The summed E-state index contributed by atoms with van der Waals surface area (Å²) >= 11 is 0. The fraction of sp³-hybridized carbons (Fsp3) is 0.467. The monoisotopic (exact) mass is 244 g/mol. The second kappa shape index (κ2) is 5.68. The van der Waals surface area contributed by atoms with E-state index in [1.165, 1.54) is 0 Å². The molecule has 3 nitrogen and oxygen atoms in total. The molecule has 0 aliphatic rings. The summed E-state index contributed by atoms with van der Waals surface area (Å²) in [6, 6.07) is 9.94. The minimum atomic E-state index is -0.382. The first-order chi connectivity index (χ1) is 8.31. The van der Waals surface area contributed by atoms with Gasteiger partial charge in [0, 0.05) is 12.0 Å². The van der Waals surface area contributed by atoms with Gasteiger partial charge in [-0.15, -0.1) is 0 Å². The average molecular weight is 244 g/mol. The van der Waals surface area contributed by atoms with Gasteiger partial charge in [0.2, 0.25) is 5.91 Å². The van der Waals surface area contributed by atoms with Crippen molar-refractivity contribution in [2.75, 3.05) is 0 Å². The van der Waals surface area contributed by atoms with Crippen LogP contribution in [0.15, 0.2) is 24.3 Å². The fourth-order valence-electron chi connectivity index (χ4n) is 1.78. The molecular formula is C15H20N2O. The maximum atomic E-state index is 11.8. The summed E-state index contributed by atoms with van der Waals surface area (Å²) < 4.78 is 0. The molecule has 1 amide bonds. The van der Waals surface area contributed by atoms with Crippen molar-refractivity contribution >= 4 is 5.91 Å². The highest BCUT2D eigenvalue weighted by molar-refractivity contribution is 5.78. The zero-order valence-electron chi connectivity index (χ0n) is 11.4. The van der Waals surface area contributed by atoms with Crippen LogP contribution >= 0.6 is 0 Å². The van der Waals surface area contributed by atoms with Gasteiger partial charge < -0.3 is 5.32 Å². The lowest BCUT2D eigenvalue weighted by atomic mass is 9.95. The minimum Gasteiger partial charge on any atom is -0.351 e. The molecule has 0 saturated heterocycles. The Kier molecular flexibility index (Phi) is 4.49. The van der Waals surface area contributed by atoms with Crippen molar-refractivity contribution in [3.63, 3.8) is 0 Å². The highest BCUT2D eigenvalue weighted by Crippen LogP contribution is 2.20. The van der Waals surface area contributed by atoms with E-state index in [1.54, 1.807) is 0 Å². The van der Waals surface area contributed by atoms with E-state index in [0.29, 0.717) is 0 Å². The van der Waals surface area contributed by atoms with Crippen molar-refractivity contribution in [3.05, 3.63) is 35.4 Å². The van der Waals surface area contributed by atoms with Gasteiger partial charge in [-0.3, -0.25) is 4.79 Å². The van der Waals surface area contributed by atoms with E-state index in [4.69, 9.17) is 0 Å². The lowest BCUT2D eigenvalue weighted by Crippen LogP contribution is -2.41. The van der Waals surface area contributed by atoms with Crippen LogP contribution in [0.4, 0.5) is 0 Å². The number of benzene rings is 1. The van der Waals surface area contributed by atoms with Crippen molar-refractivity contribution in [1.29, 1.82) is 5.26 Å². The Labute approximate surface area is 109 Å². The molecule has 3 heteroatoms. The molecule has 0 saturated carbocycles. The SMILES string of the molecule is Cc1cccc(C(C#N)CC(=O)NC(C)(C)C)c1. The van der Waals surface area contributed by atoms with E-state index in [9.17, 15) is 10.1 Å². The van der Waals surface area contributed by atoms with Gasteiger partial charge in [-0.25, -0.2) is 0 Å². The number of hydrogen-bond donors (Lipinski definition) is 1. The molecule has 0 spiro atoms. The maximum Gasteiger partial charge on any atom is 0.222 e. The van der Waals surface area contributed by atoms with Crippen LogP contribution in [0.3, 0.4) is 0 Å². The molecule has 18 heavy (non-hydrogen) atoms. The Morgan fingerprint density at radius 1 is 1.44 bits per heavy atom. The summed E-state index contributed by atoms with van der Waals surface area (Å²) in [5.41, 5.74) is 1.74. The van der Waals surface area contributed by atoms with E-state index in [1.807, 2.05) is 52.0 Å². The Hall–Kier alpha value is -1.82. The van der Waals surface area contributed by atoms with E-state index in [-0.39, 0.29) is 23.8 Å². The number of hydrogen-bond acceptors (Lipinski definition) is 2. The van der Waals surface area contributed by atoms with Crippen LogP contribution in [0.5, 0.6) is 0 Å². The molecular weight excluding hydrogens is 224 g/mol. The highest BCUT2D eigenvalue weighted by Gasteiger charge is 2.19. The fourth-order valence-corrected chi connectivity index (χ4v) is 1.78. The Morgan fingerprint density at radius 2 is 2.11 bits per heavy atom. The molecule has 0 aliphatic heterocycles. The standard InChI is InChI=1S/C15H20N2O/c1-11-6-5-7-12(8-11)13(10-16)9-14(18)17-15(2,3)4/h5-8,13H,9H2,1-4H3,(H,17,18). The predicted molar refractivity (Wildman–Crippen MR) is 72.0 cm³/mol. The van der Waals surface area contributed by atoms with E-state index >= 15 is 0 Å². The average Bonchev–Trinajstić information content (AvgIpc) is 2.23. The maximum absolute atomic E-state index is 11.8. The zero-order valence-corrected chi connectivity index (χ0v) is 11.4. The summed E-state index contributed by atoms with van der Waals surface area (Å²) in [4.78, 5) is 11.8. The molecule has 0 aromatic heterocycles. The number of rotatable bonds is 3. The largest absolute Gasteiger partial charge is 0.351 e. The summed E-state index contributed by atoms with van der Waals surface area (Å²) in [6.45, 7) is 7.77. The molecule has 0 aliphatic carbocycles. The van der Waals surface area contributed by atoms with Crippen molar-refractivity contribution in [2.45, 2.75) is 45.6 Å². The van der Waals surface area contributed by atoms with Crippen LogP contribution in [0.2, 0.25) is 0 Å². The minimum absolute atomic E-state index is 0.0874. The van der Waals surface area contributed by atoms with Gasteiger partial charge in [0.25, 0.3) is 0 Å². The third kappa shape index (κ3) is 4.58. The molecule has 0 heterocycles. The molecule has 1 aromatic carbocycles. The summed E-state index contributed by atoms with van der Waals surface area (Å²) in [7, 11) is 0. The molecule has 96 valence electrons. The van der Waals surface area contributed by atoms with Crippen molar-refractivity contribution in [3.8, 4) is 6.07 Å². The van der Waals surface area contributed by atoms with Gasteiger partial charge in [-0.05, 0) is 33.3 Å². The van der Waals surface area contributed by atoms with Crippen LogP contribution in [0, 0.1) is 18.3 Å². The third-order valence-corrected chi connectivity index (χ3v) is 2.50. The van der Waals surface area contributed by atoms with E-state index in [2.05, 4.69) is 11.4 Å². The molecule has 1 atom stereocenters. The summed E-state index contributed by atoms with van der Waals surface area (Å²) in [6.07, 6.45) is 0.206. The molecule has 1 unspecified atom stereocenters. The quantitative estimate of drug-likeness (QED) is 0.888. The second-order valence-corrected chi connectivity index (χ2v) is 5.60. The van der Waals surface area contributed by atoms with Gasteiger partial charge >= 0.3 is 0 Å². The number of aryl methyl sites for hydroxylation is 1. The third-order valence-electron chi connectivity index (χ3n) is 2.50. The Morgan fingerprint density at radius 3 is 2.61 bits per heavy atom. The van der Waals surface area contributed by atoms with E-state index < -0.39 is 0 Å². The lowest BCUT2D eigenvalue weighted by molar-refractivity contribution is -0.122. The first-order valence-electron chi connectivity index (χ1n) is 6.09. The smallest absolute Gasteiger partial charge is 0.222 e. The van der Waals surface area contributed by atoms with Crippen LogP contribution in [0.25, 0.3) is 0 Å². The molecule has 1 rings (SSSR count). The first-order valence-corrected chi connectivity index (χ1v) is 6.09. The number of carbonyl (C=O) groups excluding carboxylic acids is 1. The molecule has 1 N–H and O–H groups in total. The van der Waals surface area contributed by atoms with Crippen LogP contribution in [0.1, 0.15) is 44.2 Å². The van der Waals surface area contributed by atoms with Crippen molar-refractivity contribution < 1.29 is 4.79 Å². The van der Waals surface area contributed by atoms with Crippen molar-refractivity contribution in [2.24, 2.45) is 0 Å². The van der Waals surface area contributed by atoms with Gasteiger partial charge in [-0.2, -0.15) is 5.26 Å². The van der Waals surface area contributed by atoms with Gasteiger partial charge in [-0.1, -0.05) is 29.8 Å². The molecule has 0 radical (unpaired) electrons. The van der Waals surface area contributed by atoms with Crippen LogP contribution in [-0.2, 0) is 4.79 Å². The van der Waals surface area contributed by atoms with Gasteiger partial charge in [0.05, 0.1) is 12.0 Å². The topological polar surface area (TPSA) is 52.9 Å². The molecule has 0 bridgehead atoms. The number of nitrogens with one attached hydrogen (secondary N) is 1. The number of nitrogens with zero attached hydrogens (tertiary/aromatic N) is 1. The normalized spacial score (nSPS) is 12.6. The highest BCUT2D eigenvalue weighted by atomic mass is 16.1. The Bertz CT molecular complexity index is 466. The zero-order chi connectivity index (χ0) is 13.8. The van der Waals surface area contributed by atoms with Crippen molar-refractivity contribution in [1.82, 2.24) is 5.32 Å². The second-order valence-electron chi connectivity index (χ2n) is 5.60. The van der Waals surface area contributed by atoms with Crippen LogP contribution < -0.4 is 5.32 Å². The number of amides is 1.